The molecule has 4 nitrogen and oxygen atoms in total. The summed E-state index contributed by atoms with van der Waals surface area (Å²) in [6.45, 7) is 0. The van der Waals surface area contributed by atoms with Gasteiger partial charge in [-0.2, -0.15) is 13.2 Å². The first-order valence-corrected chi connectivity index (χ1v) is 14.8. The zero-order valence-corrected chi connectivity index (χ0v) is 26.6. The lowest BCUT2D eigenvalue weighted by molar-refractivity contribution is 0.282. The van der Waals surface area contributed by atoms with E-state index in [-0.39, 0.29) is 0 Å². The van der Waals surface area contributed by atoms with E-state index < -0.39 is 180 Å². The molecule has 296 valence electrons. The van der Waals surface area contributed by atoms with Crippen LogP contribution in [-0.2, 0) is 0 Å². The van der Waals surface area contributed by atoms with Crippen molar-refractivity contribution in [1.82, 2.24) is 4.98 Å². The summed E-state index contributed by atoms with van der Waals surface area (Å²) < 4.78 is 278. The Kier molecular flexibility index (Phi) is 10.5. The van der Waals surface area contributed by atoms with Crippen LogP contribution in [-0.4, -0.2) is 12.3 Å². The Morgan fingerprint density at radius 3 is 0.789 bits per heavy atom. The number of halogens is 18. The van der Waals surface area contributed by atoms with E-state index in [1.807, 2.05) is 24.5 Å². The number of aromatic nitrogens is 1. The van der Waals surface area contributed by atoms with E-state index in [9.17, 15) is 65.9 Å². The Morgan fingerprint density at radius 2 is 0.561 bits per heavy atom. The van der Waals surface area contributed by atoms with Gasteiger partial charge in [-0.25, -0.2) is 65.9 Å². The van der Waals surface area contributed by atoms with Crippen LogP contribution in [0.15, 0.2) is 42.7 Å². The molecule has 0 aliphatic carbocycles. The van der Waals surface area contributed by atoms with E-state index >= 15 is 13.2 Å². The minimum Gasteiger partial charge on any atom is -0.486 e. The van der Waals surface area contributed by atoms with Gasteiger partial charge in [-0.3, -0.25) is 0 Å². The van der Waals surface area contributed by atoms with E-state index in [4.69, 9.17) is 0 Å². The molecule has 0 spiro atoms. The molecule has 6 aromatic carbocycles. The zero-order chi connectivity index (χ0) is 41.9. The number of rotatable bonds is 6. The van der Waals surface area contributed by atoms with Crippen molar-refractivity contribution in [3.8, 4) is 17.2 Å². The third kappa shape index (κ3) is 6.58. The minimum absolute atomic E-state index is 0.421. The molecule has 0 saturated heterocycles. The van der Waals surface area contributed by atoms with Crippen LogP contribution in [0, 0.1) is 105 Å². The lowest BCUT2D eigenvalue weighted by atomic mass is 10.0. The lowest BCUT2D eigenvalue weighted by Crippen LogP contribution is -2.38. The van der Waals surface area contributed by atoms with Crippen molar-refractivity contribution in [2.75, 3.05) is 0 Å². The van der Waals surface area contributed by atoms with Gasteiger partial charge in [0, 0.05) is 30.6 Å². The molecule has 7 aromatic rings. The molecule has 23 heteroatoms. The van der Waals surface area contributed by atoms with Gasteiger partial charge in [0.2, 0.25) is 17.5 Å². The van der Waals surface area contributed by atoms with Gasteiger partial charge in [-0.15, -0.1) is 0 Å². The Morgan fingerprint density at radius 1 is 0.298 bits per heavy atom. The molecule has 0 atom stereocenters. The summed E-state index contributed by atoms with van der Waals surface area (Å²) >= 11 is 0. The van der Waals surface area contributed by atoms with Crippen LogP contribution < -0.4 is 14.0 Å². The van der Waals surface area contributed by atoms with Crippen molar-refractivity contribution in [2.45, 2.75) is 0 Å². The van der Waals surface area contributed by atoms with Crippen LogP contribution in [0.3, 0.4) is 0 Å². The van der Waals surface area contributed by atoms with Crippen LogP contribution in [0.5, 0.6) is 17.2 Å². The predicted octanol–water partition coefficient (Wildman–Crippen LogP) is 11.2. The van der Waals surface area contributed by atoms with Crippen LogP contribution in [0.2, 0.25) is 0 Å². The minimum atomic E-state index is -3.91. The zero-order valence-electron chi connectivity index (χ0n) is 26.6. The van der Waals surface area contributed by atoms with E-state index in [1.165, 1.54) is 0 Å². The van der Waals surface area contributed by atoms with Gasteiger partial charge in [0.15, 0.2) is 87.1 Å². The van der Waals surface area contributed by atoms with Crippen LogP contribution in [0.25, 0.3) is 32.3 Å². The van der Waals surface area contributed by atoms with E-state index in [0.29, 0.717) is 0 Å². The summed E-state index contributed by atoms with van der Waals surface area (Å²) in [5.74, 6) is -53.2. The summed E-state index contributed by atoms with van der Waals surface area (Å²) in [4.78, 5) is 2.86. The molecule has 57 heavy (non-hydrogen) atoms. The summed E-state index contributed by atoms with van der Waals surface area (Å²) in [6, 6.07) is 2.63. The Balaban J connectivity index is 0.00000102. The number of fused-ring (bicyclic) bond motifs is 3. The predicted molar refractivity (Wildman–Crippen MR) is 160 cm³/mol. The van der Waals surface area contributed by atoms with Crippen molar-refractivity contribution < 1.29 is 93.0 Å². The van der Waals surface area contributed by atoms with Gasteiger partial charge < -0.3 is 18.9 Å². The third-order valence-corrected chi connectivity index (χ3v) is 7.75. The highest BCUT2D eigenvalue weighted by Gasteiger charge is 2.42. The fourth-order valence-electron chi connectivity index (χ4n) is 5.29. The van der Waals surface area contributed by atoms with Crippen LogP contribution >= 0.6 is 0 Å². The second-order valence-electron chi connectivity index (χ2n) is 11.1. The van der Waals surface area contributed by atoms with Crippen molar-refractivity contribution in [3.63, 3.8) is 0 Å². The molecule has 0 unspecified atom stereocenters. The molecular formula is C34H8BF18NO3. The fraction of sp³-hybridized carbons (Fsp3) is 0. The van der Waals surface area contributed by atoms with Crippen LogP contribution in [0.4, 0.5) is 79.0 Å². The highest BCUT2D eigenvalue weighted by Crippen LogP contribution is 2.43. The molecule has 0 fully saturated rings. The SMILES string of the molecule is Fc1cc(F)c2c(F)c(F)c(F)c(OB(Oc3c(F)c(F)c(F)c4c(F)cc(F)c(F)c34)Oc3c(F)c(F)c(F)c4c(F)cc(F)c(F)c34)c2c1F.c1cc[nH]c1. The second-order valence-corrected chi connectivity index (χ2v) is 11.1. The molecular weight excluding hydrogens is 823 g/mol. The normalized spacial score (nSPS) is 11.3. The second kappa shape index (κ2) is 14.9. The maximum Gasteiger partial charge on any atom is 0.864 e. The summed E-state index contributed by atoms with van der Waals surface area (Å²) in [5.41, 5.74) is 0. The van der Waals surface area contributed by atoms with Crippen molar-refractivity contribution in [2.24, 2.45) is 0 Å². The molecule has 0 aliphatic rings. The van der Waals surface area contributed by atoms with E-state index in [0.717, 1.165) is 0 Å². The number of aromatic amines is 1. The van der Waals surface area contributed by atoms with Crippen molar-refractivity contribution in [1.29, 1.82) is 0 Å². The van der Waals surface area contributed by atoms with Crippen molar-refractivity contribution in [3.05, 3.63) is 147 Å². The first kappa shape index (κ1) is 40.3. The number of H-pyrrole nitrogens is 1. The Hall–Kier alpha value is -6.42. The van der Waals surface area contributed by atoms with Crippen LogP contribution in [0.1, 0.15) is 0 Å². The topological polar surface area (TPSA) is 43.5 Å². The van der Waals surface area contributed by atoms with Gasteiger partial charge in [0.05, 0.1) is 32.3 Å². The number of nitrogens with one attached hydrogen (secondary N) is 1. The highest BCUT2D eigenvalue weighted by atomic mass is 19.2. The number of hydrogen-bond acceptors (Lipinski definition) is 3. The van der Waals surface area contributed by atoms with E-state index in [1.54, 1.807) is 0 Å². The monoisotopic (exact) mass is 831 g/mol. The largest absolute Gasteiger partial charge is 0.864 e. The molecule has 1 aromatic heterocycles. The maximum atomic E-state index is 15.2. The quantitative estimate of drug-likeness (QED) is 0.0786. The summed E-state index contributed by atoms with van der Waals surface area (Å²) in [7, 11) is -3.91. The lowest BCUT2D eigenvalue weighted by Gasteiger charge is -2.22. The van der Waals surface area contributed by atoms with Gasteiger partial charge in [-0.1, -0.05) is 0 Å². The highest BCUT2D eigenvalue weighted by molar-refractivity contribution is 6.40. The van der Waals surface area contributed by atoms with Gasteiger partial charge in [0.25, 0.3) is 0 Å². The molecule has 7 rings (SSSR count). The molecule has 0 radical (unpaired) electrons. The first-order valence-electron chi connectivity index (χ1n) is 14.8. The average molecular weight is 831 g/mol. The molecule has 0 saturated carbocycles. The number of benzene rings is 6. The smallest absolute Gasteiger partial charge is 0.486 e. The third-order valence-electron chi connectivity index (χ3n) is 7.75. The van der Waals surface area contributed by atoms with Gasteiger partial charge in [0.1, 0.15) is 17.5 Å². The first-order chi connectivity index (χ1) is 26.8. The molecule has 0 bridgehead atoms. The van der Waals surface area contributed by atoms with Gasteiger partial charge in [-0.05, 0) is 12.1 Å². The molecule has 1 heterocycles. The maximum absolute atomic E-state index is 15.2. The van der Waals surface area contributed by atoms with Gasteiger partial charge >= 0.3 is 7.32 Å². The van der Waals surface area contributed by atoms with Crippen molar-refractivity contribution >= 4 is 39.6 Å². The molecule has 1 N–H and O–H groups in total. The molecule has 0 amide bonds. The fourth-order valence-corrected chi connectivity index (χ4v) is 5.29. The average Bonchev–Trinajstić information content (AvgIpc) is 3.76. The molecule has 0 aliphatic heterocycles. The Bertz CT molecular complexity index is 2490. The summed E-state index contributed by atoms with van der Waals surface area (Å²) in [5, 5.41) is -12.4. The number of hydrogen-bond donors (Lipinski definition) is 1. The standard InChI is InChI=1S/C30H3BF18O3.C4H5N/c32-4-1-7(35)16(38)13-10(4)19(41)22(44)25(47)28(13)50-31(51-29-14-11(20(42)23(45)26(29)48)5(33)2-8(36)17(14)39)52-30-15-12(21(43)24(46)27(30)49)6(34)3-9(37)18(15)40;1-2-4-5-3-1/h1-3H;1-5H. The Labute approximate surface area is 302 Å². The summed E-state index contributed by atoms with van der Waals surface area (Å²) in [6.07, 6.45) is 3.75. The van der Waals surface area contributed by atoms with E-state index in [2.05, 4.69) is 18.9 Å².